The molecular weight excluding hydrogens is 272 g/mol. The third kappa shape index (κ3) is 2.04. The van der Waals surface area contributed by atoms with Gasteiger partial charge in [0.1, 0.15) is 11.6 Å². The Morgan fingerprint density at radius 2 is 1.85 bits per heavy atom. The fourth-order valence-corrected chi connectivity index (χ4v) is 2.67. The molecule has 102 valence electrons. The van der Waals surface area contributed by atoms with Crippen molar-refractivity contribution >= 4 is 23.1 Å². The van der Waals surface area contributed by atoms with Crippen molar-refractivity contribution in [3.05, 3.63) is 58.6 Å². The van der Waals surface area contributed by atoms with Crippen LogP contribution in [0.4, 0.5) is 5.69 Å². The van der Waals surface area contributed by atoms with Crippen LogP contribution in [0.5, 0.6) is 5.75 Å². The number of aromatic hydroxyl groups is 1. The molecule has 4 heteroatoms. The van der Waals surface area contributed by atoms with Crippen molar-refractivity contribution in [1.82, 2.24) is 4.90 Å². The van der Waals surface area contributed by atoms with Gasteiger partial charge in [-0.3, -0.25) is 0 Å². The number of hydrogen-bond acceptors (Lipinski definition) is 3. The minimum Gasteiger partial charge on any atom is -0.508 e. The van der Waals surface area contributed by atoms with E-state index in [2.05, 4.69) is 17.9 Å². The van der Waals surface area contributed by atoms with Crippen LogP contribution in [0.25, 0.3) is 0 Å². The number of amidine groups is 1. The summed E-state index contributed by atoms with van der Waals surface area (Å²) in [7, 11) is 2.01. The van der Waals surface area contributed by atoms with E-state index in [1.165, 1.54) is 0 Å². The van der Waals surface area contributed by atoms with Crippen LogP contribution in [0.15, 0.2) is 47.5 Å². The van der Waals surface area contributed by atoms with Gasteiger partial charge in [-0.05, 0) is 37.3 Å². The number of halogens is 1. The molecule has 1 N–H and O–H groups in total. The molecule has 0 aliphatic carbocycles. The maximum absolute atomic E-state index is 9.40. The van der Waals surface area contributed by atoms with Gasteiger partial charge in [-0.2, -0.15) is 0 Å². The Balaban J connectivity index is 2.16. The zero-order valence-electron chi connectivity index (χ0n) is 11.3. The lowest BCUT2D eigenvalue weighted by Gasteiger charge is -2.33. The Morgan fingerprint density at radius 1 is 1.15 bits per heavy atom. The van der Waals surface area contributed by atoms with E-state index in [0.29, 0.717) is 5.02 Å². The number of nitrogens with zero attached hydrogens (tertiary/aromatic N) is 2. The van der Waals surface area contributed by atoms with Crippen molar-refractivity contribution < 1.29 is 5.11 Å². The highest BCUT2D eigenvalue weighted by atomic mass is 35.5. The molecule has 1 aliphatic rings. The lowest BCUT2D eigenvalue weighted by Crippen LogP contribution is -2.32. The molecule has 1 atom stereocenters. The van der Waals surface area contributed by atoms with Gasteiger partial charge in [0.05, 0.1) is 16.8 Å². The summed E-state index contributed by atoms with van der Waals surface area (Å²) in [5.41, 5.74) is 2.92. The maximum atomic E-state index is 9.40. The number of aliphatic imine (C=N–C) groups is 1. The first-order valence-corrected chi connectivity index (χ1v) is 6.85. The zero-order valence-corrected chi connectivity index (χ0v) is 12.1. The molecule has 0 saturated heterocycles. The van der Waals surface area contributed by atoms with Gasteiger partial charge in [-0.1, -0.05) is 23.7 Å². The maximum Gasteiger partial charge on any atom is 0.136 e. The second kappa shape index (κ2) is 4.84. The first-order chi connectivity index (χ1) is 9.58. The second-order valence-corrected chi connectivity index (χ2v) is 5.35. The topological polar surface area (TPSA) is 35.8 Å². The van der Waals surface area contributed by atoms with Gasteiger partial charge >= 0.3 is 0 Å². The molecule has 0 amide bonds. The third-order valence-corrected chi connectivity index (χ3v) is 4.03. The fraction of sp³-hybridized carbons (Fsp3) is 0.188. The van der Waals surface area contributed by atoms with Gasteiger partial charge in [0.15, 0.2) is 0 Å². The Morgan fingerprint density at radius 3 is 2.55 bits per heavy atom. The SMILES string of the molecule is CC1c2cccc(Cl)c2N=C(c2ccc(O)cc2)N1C. The number of rotatable bonds is 1. The molecule has 3 nitrogen and oxygen atoms in total. The summed E-state index contributed by atoms with van der Waals surface area (Å²) < 4.78 is 0. The zero-order chi connectivity index (χ0) is 14.3. The van der Waals surface area contributed by atoms with Crippen LogP contribution >= 0.6 is 11.6 Å². The van der Waals surface area contributed by atoms with Crippen molar-refractivity contribution in [2.75, 3.05) is 7.05 Å². The van der Waals surface area contributed by atoms with Crippen LogP contribution < -0.4 is 0 Å². The minimum atomic E-state index is 0.199. The Bertz CT molecular complexity index is 679. The summed E-state index contributed by atoms with van der Waals surface area (Å²) in [5.74, 6) is 1.11. The van der Waals surface area contributed by atoms with Crippen LogP contribution in [-0.4, -0.2) is 22.9 Å². The van der Waals surface area contributed by atoms with Gasteiger partial charge < -0.3 is 10.0 Å². The highest BCUT2D eigenvalue weighted by molar-refractivity contribution is 6.33. The molecule has 3 rings (SSSR count). The molecule has 1 heterocycles. The van der Waals surface area contributed by atoms with E-state index in [1.807, 2.05) is 31.3 Å². The summed E-state index contributed by atoms with van der Waals surface area (Å²) in [4.78, 5) is 6.82. The lowest BCUT2D eigenvalue weighted by molar-refractivity contribution is 0.397. The molecule has 1 unspecified atom stereocenters. The van der Waals surface area contributed by atoms with Crippen LogP contribution in [0.3, 0.4) is 0 Å². The summed E-state index contributed by atoms with van der Waals surface area (Å²) in [5, 5.41) is 10.1. The van der Waals surface area contributed by atoms with E-state index >= 15 is 0 Å². The number of phenols is 1. The van der Waals surface area contributed by atoms with E-state index in [9.17, 15) is 5.11 Å². The monoisotopic (exact) mass is 286 g/mol. The second-order valence-electron chi connectivity index (χ2n) is 4.95. The number of phenolic OH excluding ortho intramolecular Hbond substituents is 1. The van der Waals surface area contributed by atoms with Crippen LogP contribution in [-0.2, 0) is 0 Å². The van der Waals surface area contributed by atoms with Gasteiger partial charge in [0.2, 0.25) is 0 Å². The van der Waals surface area contributed by atoms with Gasteiger partial charge in [0, 0.05) is 18.2 Å². The highest BCUT2D eigenvalue weighted by Crippen LogP contribution is 2.39. The number of fused-ring (bicyclic) bond motifs is 1. The molecule has 0 spiro atoms. The van der Waals surface area contributed by atoms with Gasteiger partial charge in [-0.15, -0.1) is 0 Å². The minimum absolute atomic E-state index is 0.199. The predicted molar refractivity (Wildman–Crippen MR) is 81.9 cm³/mol. The summed E-state index contributed by atoms with van der Waals surface area (Å²) in [6.07, 6.45) is 0. The molecule has 0 aromatic heterocycles. The Kier molecular flexibility index (Phi) is 3.14. The normalized spacial score (nSPS) is 17.6. The van der Waals surface area contributed by atoms with E-state index in [1.54, 1.807) is 12.1 Å². The quantitative estimate of drug-likeness (QED) is 0.855. The Hall–Kier alpha value is -2.00. The largest absolute Gasteiger partial charge is 0.508 e. The van der Waals surface area contributed by atoms with E-state index in [-0.39, 0.29) is 11.8 Å². The Labute approximate surface area is 123 Å². The number of hydrogen-bond donors (Lipinski definition) is 1. The molecular formula is C16H15ClN2O. The molecule has 2 aromatic rings. The molecule has 0 radical (unpaired) electrons. The van der Waals surface area contributed by atoms with E-state index < -0.39 is 0 Å². The lowest BCUT2D eigenvalue weighted by atomic mass is 10.0. The van der Waals surface area contributed by atoms with Gasteiger partial charge in [-0.25, -0.2) is 4.99 Å². The molecule has 1 aliphatic heterocycles. The first kappa shape index (κ1) is 13.0. The summed E-state index contributed by atoms with van der Waals surface area (Å²) in [6, 6.07) is 13.1. The van der Waals surface area contributed by atoms with Crippen molar-refractivity contribution in [3.8, 4) is 5.75 Å². The fourth-order valence-electron chi connectivity index (χ4n) is 2.44. The highest BCUT2D eigenvalue weighted by Gasteiger charge is 2.25. The average molecular weight is 287 g/mol. The molecule has 0 saturated carbocycles. The third-order valence-electron chi connectivity index (χ3n) is 3.73. The van der Waals surface area contributed by atoms with Crippen molar-refractivity contribution in [1.29, 1.82) is 0 Å². The standard InChI is InChI=1S/C16H15ClN2O/c1-10-13-4-3-5-14(17)15(13)18-16(19(10)2)11-6-8-12(20)9-7-11/h3-10,20H,1-2H3. The average Bonchev–Trinajstić information content (AvgIpc) is 2.45. The first-order valence-electron chi connectivity index (χ1n) is 6.47. The molecule has 2 aromatic carbocycles. The predicted octanol–water partition coefficient (Wildman–Crippen LogP) is 4.13. The van der Waals surface area contributed by atoms with E-state index in [4.69, 9.17) is 16.6 Å². The smallest absolute Gasteiger partial charge is 0.136 e. The van der Waals surface area contributed by atoms with Crippen LogP contribution in [0.2, 0.25) is 5.02 Å². The summed E-state index contributed by atoms with van der Waals surface area (Å²) >= 11 is 6.27. The molecule has 0 bridgehead atoms. The van der Waals surface area contributed by atoms with Crippen molar-refractivity contribution in [2.45, 2.75) is 13.0 Å². The number of benzene rings is 2. The van der Waals surface area contributed by atoms with Crippen molar-refractivity contribution in [3.63, 3.8) is 0 Å². The van der Waals surface area contributed by atoms with Gasteiger partial charge in [0.25, 0.3) is 0 Å². The summed E-state index contributed by atoms with van der Waals surface area (Å²) in [6.45, 7) is 2.13. The number of para-hydroxylation sites is 1. The van der Waals surface area contributed by atoms with E-state index in [0.717, 1.165) is 22.6 Å². The van der Waals surface area contributed by atoms with Crippen LogP contribution in [0.1, 0.15) is 24.1 Å². The van der Waals surface area contributed by atoms with Crippen LogP contribution in [0, 0.1) is 0 Å². The molecule has 20 heavy (non-hydrogen) atoms. The van der Waals surface area contributed by atoms with Crippen molar-refractivity contribution in [2.24, 2.45) is 4.99 Å². The molecule has 0 fully saturated rings.